The van der Waals surface area contributed by atoms with Crippen LogP contribution < -0.4 is 16.4 Å². The number of nitrogens with zero attached hydrogens (tertiary/aromatic N) is 5. The Kier molecular flexibility index (Phi) is 7.47. The van der Waals surface area contributed by atoms with E-state index in [1.165, 1.54) is 23.0 Å². The Morgan fingerprint density at radius 2 is 1.74 bits per heavy atom. The number of fused-ring (bicyclic) bond motifs is 1. The highest BCUT2D eigenvalue weighted by molar-refractivity contribution is 7.99. The average Bonchev–Trinajstić information content (AvgIpc) is 2.97. The van der Waals surface area contributed by atoms with E-state index in [1.807, 2.05) is 60.7 Å². The Labute approximate surface area is 227 Å². The fraction of sp³-hybridized carbons (Fsp3) is 0.0714. The largest absolute Gasteiger partial charge is 0.508 e. The summed E-state index contributed by atoms with van der Waals surface area (Å²) in [6.07, 6.45) is 1.40. The summed E-state index contributed by atoms with van der Waals surface area (Å²) in [5.74, 6) is 0.0488. The lowest BCUT2D eigenvalue weighted by Gasteiger charge is -2.15. The molecule has 2 aromatic heterocycles. The summed E-state index contributed by atoms with van der Waals surface area (Å²) in [6, 6.07) is 24.7. The molecule has 0 radical (unpaired) electrons. The van der Waals surface area contributed by atoms with Gasteiger partial charge in [-0.25, -0.2) is 15.0 Å². The van der Waals surface area contributed by atoms with Crippen molar-refractivity contribution in [2.45, 2.75) is 11.7 Å². The number of carbonyl (C=O) groups excluding carboxylic acids is 1. The first kappa shape index (κ1) is 25.4. The lowest BCUT2D eigenvalue weighted by molar-refractivity contribution is -0.118. The van der Waals surface area contributed by atoms with Crippen LogP contribution in [0.5, 0.6) is 5.75 Å². The quantitative estimate of drug-likeness (QED) is 0.154. The molecule has 39 heavy (non-hydrogen) atoms. The fourth-order valence-electron chi connectivity index (χ4n) is 3.88. The van der Waals surface area contributed by atoms with Crippen LogP contribution in [0.4, 0.5) is 5.82 Å². The molecule has 0 saturated heterocycles. The summed E-state index contributed by atoms with van der Waals surface area (Å²) >= 11 is 1.07. The SMILES string of the molecule is N#Cc1c(-c2ccc(O)cc2)nc(SCC(=O)NNc2ncnc3ccccc23)n(Cc2ccccc2)c1=O. The Hall–Kier alpha value is -5.21. The molecular formula is C28H21N7O3S. The summed E-state index contributed by atoms with van der Waals surface area (Å²) < 4.78 is 1.39. The highest BCUT2D eigenvalue weighted by Crippen LogP contribution is 2.26. The second-order valence-electron chi connectivity index (χ2n) is 8.35. The number of para-hydroxylation sites is 1. The molecule has 0 aliphatic carbocycles. The zero-order chi connectivity index (χ0) is 27.2. The molecule has 0 atom stereocenters. The number of aromatic nitrogens is 4. The molecule has 0 bridgehead atoms. The van der Waals surface area contributed by atoms with E-state index in [2.05, 4.69) is 25.8 Å². The van der Waals surface area contributed by atoms with Gasteiger partial charge < -0.3 is 5.11 Å². The zero-order valence-corrected chi connectivity index (χ0v) is 21.2. The summed E-state index contributed by atoms with van der Waals surface area (Å²) in [4.78, 5) is 39.3. The first-order valence-corrected chi connectivity index (χ1v) is 12.8. The first-order chi connectivity index (χ1) is 19.0. The van der Waals surface area contributed by atoms with Crippen LogP contribution in [0.3, 0.4) is 0 Å². The van der Waals surface area contributed by atoms with Crippen molar-refractivity contribution in [3.8, 4) is 23.1 Å². The lowest BCUT2D eigenvalue weighted by Crippen LogP contribution is -2.32. The van der Waals surface area contributed by atoms with Crippen molar-refractivity contribution < 1.29 is 9.90 Å². The number of anilines is 1. The van der Waals surface area contributed by atoms with Gasteiger partial charge in [-0.15, -0.1) is 0 Å². The van der Waals surface area contributed by atoms with Gasteiger partial charge in [-0.3, -0.25) is 25.0 Å². The first-order valence-electron chi connectivity index (χ1n) is 11.8. The van der Waals surface area contributed by atoms with Gasteiger partial charge in [0, 0.05) is 10.9 Å². The van der Waals surface area contributed by atoms with E-state index in [-0.39, 0.29) is 40.4 Å². The van der Waals surface area contributed by atoms with Gasteiger partial charge in [-0.1, -0.05) is 54.2 Å². The number of hydrazine groups is 1. The van der Waals surface area contributed by atoms with Crippen LogP contribution in [-0.2, 0) is 11.3 Å². The van der Waals surface area contributed by atoms with Crippen LogP contribution in [0, 0.1) is 11.3 Å². The normalized spacial score (nSPS) is 10.6. The molecular weight excluding hydrogens is 514 g/mol. The van der Waals surface area contributed by atoms with Gasteiger partial charge in [-0.2, -0.15) is 5.26 Å². The van der Waals surface area contributed by atoms with Gasteiger partial charge in [0.15, 0.2) is 11.0 Å². The molecule has 192 valence electrons. The fourth-order valence-corrected chi connectivity index (χ4v) is 4.67. The third-order valence-electron chi connectivity index (χ3n) is 5.77. The molecule has 11 heteroatoms. The summed E-state index contributed by atoms with van der Waals surface area (Å²) in [5, 5.41) is 20.5. The summed E-state index contributed by atoms with van der Waals surface area (Å²) in [7, 11) is 0. The highest BCUT2D eigenvalue weighted by Gasteiger charge is 2.20. The van der Waals surface area contributed by atoms with Crippen molar-refractivity contribution in [2.75, 3.05) is 11.2 Å². The second-order valence-corrected chi connectivity index (χ2v) is 9.30. The number of hydrogen-bond acceptors (Lipinski definition) is 9. The molecule has 5 aromatic rings. The van der Waals surface area contributed by atoms with Gasteiger partial charge in [0.05, 0.1) is 23.5 Å². The van der Waals surface area contributed by atoms with E-state index in [9.17, 15) is 20.0 Å². The maximum atomic E-state index is 13.5. The lowest BCUT2D eigenvalue weighted by atomic mass is 10.1. The van der Waals surface area contributed by atoms with Crippen LogP contribution in [0.2, 0.25) is 0 Å². The minimum Gasteiger partial charge on any atom is -0.508 e. The molecule has 0 unspecified atom stereocenters. The Balaban J connectivity index is 1.42. The van der Waals surface area contributed by atoms with E-state index in [0.717, 1.165) is 28.2 Å². The molecule has 0 saturated carbocycles. The average molecular weight is 536 g/mol. The van der Waals surface area contributed by atoms with Crippen LogP contribution in [0.25, 0.3) is 22.2 Å². The molecule has 5 rings (SSSR count). The number of amides is 1. The van der Waals surface area contributed by atoms with Gasteiger partial charge in [0.2, 0.25) is 5.91 Å². The molecule has 3 aromatic carbocycles. The topological polar surface area (TPSA) is 146 Å². The maximum absolute atomic E-state index is 13.5. The van der Waals surface area contributed by atoms with E-state index < -0.39 is 5.56 Å². The maximum Gasteiger partial charge on any atom is 0.273 e. The van der Waals surface area contributed by atoms with E-state index in [0.29, 0.717) is 11.4 Å². The van der Waals surface area contributed by atoms with E-state index >= 15 is 0 Å². The van der Waals surface area contributed by atoms with Crippen molar-refractivity contribution in [3.05, 3.63) is 107 Å². The molecule has 10 nitrogen and oxygen atoms in total. The van der Waals surface area contributed by atoms with Crippen LogP contribution in [-0.4, -0.2) is 36.3 Å². The number of phenolic OH excluding ortho intramolecular Hbond substituents is 1. The Morgan fingerprint density at radius 3 is 2.51 bits per heavy atom. The van der Waals surface area contributed by atoms with Gasteiger partial charge in [0.25, 0.3) is 5.56 Å². The number of nitrogens with one attached hydrogen (secondary N) is 2. The molecule has 0 spiro atoms. The predicted molar refractivity (Wildman–Crippen MR) is 148 cm³/mol. The molecule has 1 amide bonds. The Morgan fingerprint density at radius 1 is 1.00 bits per heavy atom. The smallest absolute Gasteiger partial charge is 0.273 e. The number of thioether (sulfide) groups is 1. The second kappa shape index (κ2) is 11.5. The predicted octanol–water partition coefficient (Wildman–Crippen LogP) is 3.71. The van der Waals surface area contributed by atoms with E-state index in [4.69, 9.17) is 0 Å². The van der Waals surface area contributed by atoms with Crippen LogP contribution in [0.1, 0.15) is 11.1 Å². The van der Waals surface area contributed by atoms with Gasteiger partial charge in [0.1, 0.15) is 23.7 Å². The number of hydrogen-bond donors (Lipinski definition) is 3. The molecule has 0 aliphatic heterocycles. The van der Waals surface area contributed by atoms with Gasteiger partial charge >= 0.3 is 0 Å². The number of aromatic hydroxyl groups is 1. The van der Waals surface area contributed by atoms with Crippen molar-refractivity contribution in [3.63, 3.8) is 0 Å². The minimum atomic E-state index is -0.520. The highest BCUT2D eigenvalue weighted by atomic mass is 32.2. The van der Waals surface area contributed by atoms with Crippen molar-refractivity contribution in [1.82, 2.24) is 24.9 Å². The number of rotatable bonds is 8. The zero-order valence-electron chi connectivity index (χ0n) is 20.4. The van der Waals surface area contributed by atoms with Crippen molar-refractivity contribution in [2.24, 2.45) is 0 Å². The number of phenols is 1. The van der Waals surface area contributed by atoms with Gasteiger partial charge in [-0.05, 0) is 42.0 Å². The van der Waals surface area contributed by atoms with Crippen molar-refractivity contribution in [1.29, 1.82) is 5.26 Å². The van der Waals surface area contributed by atoms with Crippen molar-refractivity contribution >= 4 is 34.4 Å². The molecule has 2 heterocycles. The number of nitriles is 1. The minimum absolute atomic E-state index is 0.0462. The third kappa shape index (κ3) is 5.71. The standard InChI is InChI=1S/C28H21N7O3S/c29-14-22-25(19-10-12-20(36)13-11-19)32-28(35(27(22)38)15-18-6-2-1-3-7-18)39-16-24(37)33-34-26-21-8-4-5-9-23(21)30-17-31-26/h1-13,17,36H,15-16H2,(H,33,37)(H,30,31,34). The number of benzene rings is 3. The third-order valence-corrected chi connectivity index (χ3v) is 6.74. The van der Waals surface area contributed by atoms with Crippen LogP contribution >= 0.6 is 11.8 Å². The summed E-state index contributed by atoms with van der Waals surface area (Å²) in [5.41, 5.74) is 7.06. The monoisotopic (exact) mass is 535 g/mol. The molecule has 0 aliphatic rings. The summed E-state index contributed by atoms with van der Waals surface area (Å²) in [6.45, 7) is 0.173. The van der Waals surface area contributed by atoms with E-state index in [1.54, 1.807) is 12.1 Å². The Bertz CT molecular complexity index is 1750. The van der Waals surface area contributed by atoms with Crippen LogP contribution in [0.15, 0.2) is 95.1 Å². The molecule has 3 N–H and O–H groups in total. The number of carbonyl (C=O) groups is 1. The molecule has 0 fully saturated rings.